The summed E-state index contributed by atoms with van der Waals surface area (Å²) in [7, 11) is 4.28. The molecule has 0 radical (unpaired) electrons. The van der Waals surface area contributed by atoms with Crippen LogP contribution in [0.2, 0.25) is 0 Å². The van der Waals surface area contributed by atoms with Crippen molar-refractivity contribution in [3.63, 3.8) is 0 Å². The zero-order valence-corrected chi connectivity index (χ0v) is 15.3. The fraction of sp³-hybridized carbons (Fsp3) is 0.650. The molecule has 4 heteroatoms. The van der Waals surface area contributed by atoms with Crippen molar-refractivity contribution >= 4 is 5.91 Å². The van der Waals surface area contributed by atoms with E-state index in [1.807, 2.05) is 0 Å². The molecule has 1 aromatic carbocycles. The molecule has 0 spiro atoms. The minimum atomic E-state index is -0.238. The van der Waals surface area contributed by atoms with Gasteiger partial charge in [-0.2, -0.15) is 0 Å². The Morgan fingerprint density at radius 1 is 1.04 bits per heavy atom. The molecule has 0 aliphatic carbocycles. The molecular formula is C20H31N3O. The molecule has 2 aliphatic heterocycles. The number of carbonyl (C=O) groups is 1. The van der Waals surface area contributed by atoms with Crippen LogP contribution in [0.15, 0.2) is 30.3 Å². The highest BCUT2D eigenvalue weighted by Crippen LogP contribution is 2.35. The van der Waals surface area contributed by atoms with Crippen molar-refractivity contribution in [1.82, 2.24) is 15.1 Å². The monoisotopic (exact) mass is 329 g/mol. The Kier molecular flexibility index (Phi) is 4.97. The van der Waals surface area contributed by atoms with Crippen molar-refractivity contribution in [3.05, 3.63) is 35.9 Å². The first-order chi connectivity index (χ1) is 11.4. The van der Waals surface area contributed by atoms with Crippen LogP contribution >= 0.6 is 0 Å². The standard InChI is InChI=1S/C20H31N3O/c1-19(9-12-23(3)16-19)18(24)21-15-20(10-13-22(2)14-11-20)17-7-5-4-6-8-17/h4-8H,9-16H2,1-3H3,(H,21,24)/t19-/m0/s1. The third-order valence-corrected chi connectivity index (χ3v) is 6.13. The second-order valence-electron chi connectivity index (χ2n) is 8.18. The van der Waals surface area contributed by atoms with Gasteiger partial charge in [0.05, 0.1) is 5.41 Å². The molecule has 24 heavy (non-hydrogen) atoms. The van der Waals surface area contributed by atoms with Crippen LogP contribution in [0, 0.1) is 5.41 Å². The molecule has 1 amide bonds. The maximum atomic E-state index is 12.8. The Hall–Kier alpha value is -1.39. The van der Waals surface area contributed by atoms with Gasteiger partial charge in [-0.05, 0) is 65.5 Å². The molecule has 2 saturated heterocycles. The fourth-order valence-corrected chi connectivity index (χ4v) is 4.25. The van der Waals surface area contributed by atoms with E-state index >= 15 is 0 Å². The molecule has 0 unspecified atom stereocenters. The van der Waals surface area contributed by atoms with Crippen LogP contribution in [0.4, 0.5) is 0 Å². The Morgan fingerprint density at radius 2 is 1.67 bits per heavy atom. The van der Waals surface area contributed by atoms with Gasteiger partial charge >= 0.3 is 0 Å². The highest BCUT2D eigenvalue weighted by Gasteiger charge is 2.41. The molecule has 2 aliphatic rings. The van der Waals surface area contributed by atoms with Crippen LogP contribution in [0.25, 0.3) is 0 Å². The molecule has 0 aromatic heterocycles. The van der Waals surface area contributed by atoms with Crippen molar-refractivity contribution in [2.75, 3.05) is 46.8 Å². The lowest BCUT2D eigenvalue weighted by molar-refractivity contribution is -0.129. The normalized spacial score (nSPS) is 28.0. The summed E-state index contributed by atoms with van der Waals surface area (Å²) in [4.78, 5) is 17.5. The Morgan fingerprint density at radius 3 is 2.25 bits per heavy atom. The second kappa shape index (κ2) is 6.85. The first-order valence-electron chi connectivity index (χ1n) is 9.15. The number of carbonyl (C=O) groups excluding carboxylic acids is 1. The number of benzene rings is 1. The van der Waals surface area contributed by atoms with Crippen LogP contribution < -0.4 is 5.32 Å². The van der Waals surface area contributed by atoms with Gasteiger partial charge < -0.3 is 15.1 Å². The predicted molar refractivity (Wildman–Crippen MR) is 98.1 cm³/mol. The number of hydrogen-bond donors (Lipinski definition) is 1. The van der Waals surface area contributed by atoms with Gasteiger partial charge in [0.1, 0.15) is 0 Å². The third-order valence-electron chi connectivity index (χ3n) is 6.13. The summed E-state index contributed by atoms with van der Waals surface area (Å²) in [6.45, 7) is 6.91. The highest BCUT2D eigenvalue weighted by molar-refractivity contribution is 5.83. The zero-order valence-electron chi connectivity index (χ0n) is 15.3. The number of nitrogens with one attached hydrogen (secondary N) is 1. The molecule has 2 fully saturated rings. The Labute approximate surface area is 146 Å². The summed E-state index contributed by atoms with van der Waals surface area (Å²) in [5.41, 5.74) is 1.20. The van der Waals surface area contributed by atoms with Crippen molar-refractivity contribution in [1.29, 1.82) is 0 Å². The lowest BCUT2D eigenvalue weighted by Gasteiger charge is -2.42. The van der Waals surface area contributed by atoms with Crippen LogP contribution in [-0.2, 0) is 10.2 Å². The molecule has 2 heterocycles. The number of amides is 1. The molecule has 3 rings (SSSR count). The molecule has 1 N–H and O–H groups in total. The second-order valence-corrected chi connectivity index (χ2v) is 8.18. The first kappa shape index (κ1) is 17.4. The van der Waals surface area contributed by atoms with Crippen molar-refractivity contribution in [2.24, 2.45) is 5.41 Å². The summed E-state index contributed by atoms with van der Waals surface area (Å²) in [5, 5.41) is 3.33. The Balaban J connectivity index is 1.72. The largest absolute Gasteiger partial charge is 0.355 e. The molecule has 0 bridgehead atoms. The predicted octanol–water partition coefficient (Wildman–Crippen LogP) is 2.11. The van der Waals surface area contributed by atoms with E-state index in [1.165, 1.54) is 5.56 Å². The first-order valence-corrected chi connectivity index (χ1v) is 9.15. The van der Waals surface area contributed by atoms with Gasteiger partial charge in [-0.3, -0.25) is 4.79 Å². The van der Waals surface area contributed by atoms with E-state index in [4.69, 9.17) is 0 Å². The van der Waals surface area contributed by atoms with Gasteiger partial charge in [-0.1, -0.05) is 30.3 Å². The quantitative estimate of drug-likeness (QED) is 0.919. The van der Waals surface area contributed by atoms with Crippen molar-refractivity contribution < 1.29 is 4.79 Å². The number of hydrogen-bond acceptors (Lipinski definition) is 3. The molecule has 0 saturated carbocycles. The van der Waals surface area contributed by atoms with Crippen LogP contribution in [-0.4, -0.2) is 62.5 Å². The SMILES string of the molecule is CN1CCC(CNC(=O)[C@@]2(C)CCN(C)C2)(c2ccccc2)CC1. The summed E-state index contributed by atoms with van der Waals surface area (Å²) < 4.78 is 0. The van der Waals surface area contributed by atoms with Crippen molar-refractivity contribution in [2.45, 2.75) is 31.6 Å². The number of rotatable bonds is 4. The summed E-state index contributed by atoms with van der Waals surface area (Å²) in [6.07, 6.45) is 3.16. The fourth-order valence-electron chi connectivity index (χ4n) is 4.25. The van der Waals surface area contributed by atoms with Crippen LogP contribution in [0.3, 0.4) is 0 Å². The molecule has 1 aromatic rings. The van der Waals surface area contributed by atoms with E-state index in [1.54, 1.807) is 0 Å². The van der Waals surface area contributed by atoms with Crippen molar-refractivity contribution in [3.8, 4) is 0 Å². The smallest absolute Gasteiger partial charge is 0.227 e. The zero-order chi connectivity index (χ0) is 17.2. The number of piperidine rings is 1. The number of likely N-dealkylation sites (tertiary alicyclic amines) is 2. The summed E-state index contributed by atoms with van der Waals surface area (Å²) in [5.74, 6) is 0.223. The minimum absolute atomic E-state index is 0.0737. The topological polar surface area (TPSA) is 35.6 Å². The lowest BCUT2D eigenvalue weighted by atomic mass is 9.72. The van der Waals surface area contributed by atoms with E-state index in [0.29, 0.717) is 0 Å². The van der Waals surface area contributed by atoms with Gasteiger partial charge in [0.2, 0.25) is 5.91 Å². The number of nitrogens with zero attached hydrogens (tertiary/aromatic N) is 2. The van der Waals surface area contributed by atoms with E-state index in [9.17, 15) is 4.79 Å². The van der Waals surface area contributed by atoms with Gasteiger partial charge in [0.25, 0.3) is 0 Å². The molecule has 132 valence electrons. The van der Waals surface area contributed by atoms with Gasteiger partial charge in [0, 0.05) is 18.5 Å². The van der Waals surface area contributed by atoms with Crippen LogP contribution in [0.5, 0.6) is 0 Å². The van der Waals surface area contributed by atoms with Crippen LogP contribution in [0.1, 0.15) is 31.7 Å². The maximum Gasteiger partial charge on any atom is 0.227 e. The Bertz CT molecular complexity index is 566. The maximum absolute atomic E-state index is 12.8. The third kappa shape index (κ3) is 3.50. The summed E-state index contributed by atoms with van der Waals surface area (Å²) in [6, 6.07) is 10.8. The lowest BCUT2D eigenvalue weighted by Crippen LogP contribution is -2.50. The van der Waals surface area contributed by atoms with Gasteiger partial charge in [-0.15, -0.1) is 0 Å². The van der Waals surface area contributed by atoms with Gasteiger partial charge in [0.15, 0.2) is 0 Å². The molecule has 4 nitrogen and oxygen atoms in total. The van der Waals surface area contributed by atoms with E-state index in [0.717, 1.165) is 52.0 Å². The van der Waals surface area contributed by atoms with E-state index in [-0.39, 0.29) is 16.7 Å². The average molecular weight is 329 g/mol. The average Bonchev–Trinajstić information content (AvgIpc) is 2.95. The minimum Gasteiger partial charge on any atom is -0.355 e. The molecular weight excluding hydrogens is 298 g/mol. The van der Waals surface area contributed by atoms with E-state index in [2.05, 4.69) is 66.5 Å². The highest BCUT2D eigenvalue weighted by atomic mass is 16.2. The molecule has 1 atom stereocenters. The van der Waals surface area contributed by atoms with Gasteiger partial charge in [-0.25, -0.2) is 0 Å². The summed E-state index contributed by atoms with van der Waals surface area (Å²) >= 11 is 0. The van der Waals surface area contributed by atoms with E-state index < -0.39 is 0 Å².